The molecule has 0 amide bonds. The Balaban J connectivity index is 0.00000280. The van der Waals surface area contributed by atoms with Crippen LogP contribution in [0.1, 0.15) is 31.0 Å². The molecule has 2 aromatic rings. The molecule has 6 nitrogen and oxygen atoms in total. The van der Waals surface area contributed by atoms with Crippen LogP contribution in [0, 0.1) is 6.92 Å². The first-order valence-electron chi connectivity index (χ1n) is 9.78. The average molecular weight is 498 g/mol. The van der Waals surface area contributed by atoms with E-state index in [4.69, 9.17) is 9.15 Å². The van der Waals surface area contributed by atoms with Gasteiger partial charge in [-0.1, -0.05) is 17.7 Å². The summed E-state index contributed by atoms with van der Waals surface area (Å²) in [6, 6.07) is 8.22. The van der Waals surface area contributed by atoms with Crippen LogP contribution in [-0.2, 0) is 11.2 Å². The van der Waals surface area contributed by atoms with Gasteiger partial charge in [0.05, 0.1) is 11.8 Å². The van der Waals surface area contributed by atoms with Gasteiger partial charge in [0, 0.05) is 45.3 Å². The summed E-state index contributed by atoms with van der Waals surface area (Å²) < 4.78 is 11.4. The molecule has 0 bridgehead atoms. The zero-order valence-electron chi connectivity index (χ0n) is 17.0. The molecule has 1 fully saturated rings. The van der Waals surface area contributed by atoms with Crippen LogP contribution in [0.25, 0.3) is 11.5 Å². The molecule has 1 aliphatic rings. The van der Waals surface area contributed by atoms with Gasteiger partial charge in [0.15, 0.2) is 5.96 Å². The Morgan fingerprint density at radius 2 is 2.00 bits per heavy atom. The van der Waals surface area contributed by atoms with E-state index in [-0.39, 0.29) is 24.0 Å². The molecule has 1 aromatic carbocycles. The molecule has 1 saturated heterocycles. The summed E-state index contributed by atoms with van der Waals surface area (Å²) in [5.74, 6) is 1.62. The molecule has 0 aliphatic carbocycles. The van der Waals surface area contributed by atoms with Crippen LogP contribution in [0.2, 0.25) is 0 Å². The van der Waals surface area contributed by atoms with Crippen molar-refractivity contribution in [2.75, 3.05) is 33.3 Å². The van der Waals surface area contributed by atoms with Gasteiger partial charge < -0.3 is 19.4 Å². The summed E-state index contributed by atoms with van der Waals surface area (Å²) in [5, 5.41) is 3.44. The van der Waals surface area contributed by atoms with E-state index < -0.39 is 0 Å². The molecule has 28 heavy (non-hydrogen) atoms. The molecule has 0 saturated carbocycles. The third-order valence-corrected chi connectivity index (χ3v) is 4.87. The zero-order valence-corrected chi connectivity index (χ0v) is 19.3. The summed E-state index contributed by atoms with van der Waals surface area (Å²) >= 11 is 0. The first kappa shape index (κ1) is 22.7. The lowest BCUT2D eigenvalue weighted by atomic mass is 10.1. The number of benzene rings is 1. The maximum atomic E-state index is 5.72. The molecule has 2 heterocycles. The van der Waals surface area contributed by atoms with Crippen molar-refractivity contribution in [1.82, 2.24) is 15.2 Å². The Morgan fingerprint density at radius 3 is 2.64 bits per heavy atom. The second-order valence-corrected chi connectivity index (χ2v) is 6.88. The van der Waals surface area contributed by atoms with Crippen molar-refractivity contribution in [1.29, 1.82) is 0 Å². The number of guanidine groups is 1. The quantitative estimate of drug-likeness (QED) is 0.372. The highest BCUT2D eigenvalue weighted by atomic mass is 127. The van der Waals surface area contributed by atoms with Crippen LogP contribution in [-0.4, -0.2) is 55.2 Å². The highest BCUT2D eigenvalue weighted by Gasteiger charge is 2.21. The molecule has 154 valence electrons. The number of hydrogen-bond donors (Lipinski definition) is 1. The van der Waals surface area contributed by atoms with Crippen LogP contribution in [0.5, 0.6) is 0 Å². The van der Waals surface area contributed by atoms with Crippen molar-refractivity contribution in [2.24, 2.45) is 4.99 Å². The average Bonchev–Trinajstić information content (AvgIpc) is 3.16. The molecule has 3 rings (SSSR count). The van der Waals surface area contributed by atoms with Crippen LogP contribution in [0.3, 0.4) is 0 Å². The van der Waals surface area contributed by atoms with Gasteiger partial charge in [0.1, 0.15) is 6.26 Å². The number of nitrogens with one attached hydrogen (secondary N) is 1. The van der Waals surface area contributed by atoms with Crippen LogP contribution in [0.15, 0.2) is 39.9 Å². The third-order valence-electron chi connectivity index (χ3n) is 4.87. The molecular formula is C21H31IN4O2. The van der Waals surface area contributed by atoms with Crippen LogP contribution in [0.4, 0.5) is 0 Å². The Bertz CT molecular complexity index is 737. The summed E-state index contributed by atoms with van der Waals surface area (Å²) in [6.07, 6.45) is 5.03. The van der Waals surface area contributed by atoms with E-state index in [1.165, 1.54) is 5.56 Å². The summed E-state index contributed by atoms with van der Waals surface area (Å²) in [4.78, 5) is 11.3. The first-order valence-corrected chi connectivity index (χ1v) is 9.78. The molecular weight excluding hydrogens is 467 g/mol. The summed E-state index contributed by atoms with van der Waals surface area (Å²) in [5.41, 5.74) is 3.18. The second kappa shape index (κ2) is 11.4. The molecule has 1 aliphatic heterocycles. The van der Waals surface area contributed by atoms with Crippen molar-refractivity contribution in [3.05, 3.63) is 41.8 Å². The summed E-state index contributed by atoms with van der Waals surface area (Å²) in [7, 11) is 1.84. The van der Waals surface area contributed by atoms with E-state index in [1.807, 2.05) is 19.2 Å². The Hall–Kier alpha value is -1.61. The molecule has 1 N–H and O–H groups in total. The Labute approximate surface area is 184 Å². The maximum Gasteiger partial charge on any atom is 0.226 e. The molecule has 0 spiro atoms. The number of hydrogen-bond acceptors (Lipinski definition) is 4. The Kier molecular flexibility index (Phi) is 9.24. The van der Waals surface area contributed by atoms with E-state index in [2.05, 4.69) is 46.2 Å². The number of aryl methyl sites for hydroxylation is 1. The molecule has 0 radical (unpaired) electrons. The fourth-order valence-electron chi connectivity index (χ4n) is 3.36. The van der Waals surface area contributed by atoms with Crippen molar-refractivity contribution in [2.45, 2.75) is 39.2 Å². The largest absolute Gasteiger partial charge is 0.444 e. The highest BCUT2D eigenvalue weighted by Crippen LogP contribution is 2.19. The minimum absolute atomic E-state index is 0. The van der Waals surface area contributed by atoms with Gasteiger partial charge in [-0.05, 0) is 38.8 Å². The van der Waals surface area contributed by atoms with Crippen molar-refractivity contribution < 1.29 is 9.15 Å². The molecule has 0 unspecified atom stereocenters. The number of nitrogens with zero attached hydrogens (tertiary/aromatic N) is 3. The predicted octanol–water partition coefficient (Wildman–Crippen LogP) is 3.89. The van der Waals surface area contributed by atoms with E-state index in [0.29, 0.717) is 12.0 Å². The zero-order chi connectivity index (χ0) is 19.1. The van der Waals surface area contributed by atoms with E-state index in [0.717, 1.165) is 62.7 Å². The first-order chi connectivity index (χ1) is 13.2. The van der Waals surface area contributed by atoms with Gasteiger partial charge in [-0.25, -0.2) is 4.98 Å². The van der Waals surface area contributed by atoms with E-state index >= 15 is 0 Å². The number of piperidine rings is 1. The molecule has 0 atom stereocenters. The van der Waals surface area contributed by atoms with Gasteiger partial charge in [0.2, 0.25) is 5.89 Å². The number of halogens is 1. The number of aliphatic imine (C=N–C) groups is 1. The molecule has 1 aromatic heterocycles. The monoisotopic (exact) mass is 498 g/mol. The molecule has 7 heteroatoms. The minimum Gasteiger partial charge on any atom is -0.444 e. The maximum absolute atomic E-state index is 5.72. The Morgan fingerprint density at radius 1 is 1.29 bits per heavy atom. The lowest BCUT2D eigenvalue weighted by Gasteiger charge is -2.34. The fraction of sp³-hybridized carbons (Fsp3) is 0.524. The minimum atomic E-state index is 0. The number of likely N-dealkylation sites (tertiary alicyclic amines) is 1. The number of aromatic nitrogens is 1. The van der Waals surface area contributed by atoms with Crippen molar-refractivity contribution >= 4 is 29.9 Å². The fourth-order valence-corrected chi connectivity index (χ4v) is 3.36. The third kappa shape index (κ3) is 6.20. The predicted molar refractivity (Wildman–Crippen MR) is 123 cm³/mol. The standard InChI is InChI=1S/C21H30N4O2.HI/c1-4-26-19-10-13-25(14-11-19)21(22-3)23-12-9-18-15-27-20(24-18)17-7-5-16(2)6-8-17;/h5-8,15,19H,4,9-14H2,1-3H3,(H,22,23);1H. The SMILES string of the molecule is CCOC1CCN(C(=NC)NCCc2coc(-c3ccc(C)cc3)n2)CC1.I. The number of ether oxygens (including phenoxy) is 1. The summed E-state index contributed by atoms with van der Waals surface area (Å²) in [6.45, 7) is 7.65. The van der Waals surface area contributed by atoms with Gasteiger partial charge in [0.25, 0.3) is 0 Å². The van der Waals surface area contributed by atoms with Gasteiger partial charge in [-0.2, -0.15) is 0 Å². The van der Waals surface area contributed by atoms with Gasteiger partial charge in [-0.15, -0.1) is 24.0 Å². The van der Waals surface area contributed by atoms with Crippen molar-refractivity contribution in [3.63, 3.8) is 0 Å². The normalized spacial score (nSPS) is 15.4. The van der Waals surface area contributed by atoms with Gasteiger partial charge >= 0.3 is 0 Å². The topological polar surface area (TPSA) is 62.9 Å². The van der Waals surface area contributed by atoms with Crippen LogP contribution >= 0.6 is 24.0 Å². The number of oxazole rings is 1. The second-order valence-electron chi connectivity index (χ2n) is 6.88. The lowest BCUT2D eigenvalue weighted by Crippen LogP contribution is -2.47. The van der Waals surface area contributed by atoms with Crippen LogP contribution < -0.4 is 5.32 Å². The lowest BCUT2D eigenvalue weighted by molar-refractivity contribution is 0.0264. The highest BCUT2D eigenvalue weighted by molar-refractivity contribution is 14.0. The van der Waals surface area contributed by atoms with Crippen molar-refractivity contribution in [3.8, 4) is 11.5 Å². The van der Waals surface area contributed by atoms with Gasteiger partial charge in [-0.3, -0.25) is 4.99 Å². The van der Waals surface area contributed by atoms with E-state index in [1.54, 1.807) is 6.26 Å². The number of rotatable bonds is 6. The van der Waals surface area contributed by atoms with E-state index in [9.17, 15) is 0 Å². The smallest absolute Gasteiger partial charge is 0.226 e.